The molecule has 11 heteroatoms. The Morgan fingerprint density at radius 2 is 1.59 bits per heavy atom. The van der Waals surface area contributed by atoms with Gasteiger partial charge in [-0.25, -0.2) is 19.9 Å². The fourth-order valence-corrected chi connectivity index (χ4v) is 3.75. The number of hydrazine groups is 1. The van der Waals surface area contributed by atoms with Gasteiger partial charge in [-0.3, -0.25) is 19.8 Å². The van der Waals surface area contributed by atoms with E-state index in [0.29, 0.717) is 10.0 Å². The van der Waals surface area contributed by atoms with Crippen molar-refractivity contribution in [3.8, 4) is 0 Å². The topological polar surface area (TPSA) is 131 Å². The fraction of sp³-hybridized carbons (Fsp3) is 0.261. The van der Waals surface area contributed by atoms with Crippen LogP contribution in [0.4, 0.5) is 5.69 Å². The standard InChI is InChI=1S/C23H22BrN3O7/c1-3-33-22(31)13-9-14(23(32)34-4-2)11-15(10-13)27-19(28)12-18(21(27)30)25-26-20(29)16-7-5-6-8-17(16)24/h5-11,18,25H,3-4,12H2,1-2H3,(H,26,29). The Labute approximate surface area is 203 Å². The number of amides is 3. The lowest BCUT2D eigenvalue weighted by atomic mass is 10.1. The summed E-state index contributed by atoms with van der Waals surface area (Å²) in [5.41, 5.74) is 5.35. The quantitative estimate of drug-likeness (QED) is 0.301. The SMILES string of the molecule is CCOC(=O)c1cc(C(=O)OCC)cc(N2C(=O)CC(NNC(=O)c3ccccc3Br)C2=O)c1. The van der Waals surface area contributed by atoms with Gasteiger partial charge in [0.05, 0.1) is 42.0 Å². The summed E-state index contributed by atoms with van der Waals surface area (Å²) in [6.45, 7) is 3.45. The number of carbonyl (C=O) groups excluding carboxylic acids is 5. The second kappa shape index (κ2) is 11.0. The van der Waals surface area contributed by atoms with Crippen LogP contribution in [0, 0.1) is 0 Å². The molecule has 1 aliphatic heterocycles. The summed E-state index contributed by atoms with van der Waals surface area (Å²) in [4.78, 5) is 63.5. The van der Waals surface area contributed by atoms with E-state index in [4.69, 9.17) is 9.47 Å². The summed E-state index contributed by atoms with van der Waals surface area (Å²) in [5.74, 6) is -3.17. The number of nitrogens with one attached hydrogen (secondary N) is 2. The van der Waals surface area contributed by atoms with Crippen LogP contribution >= 0.6 is 15.9 Å². The third-order valence-corrected chi connectivity index (χ3v) is 5.51. The highest BCUT2D eigenvalue weighted by Gasteiger charge is 2.40. The normalized spacial score (nSPS) is 15.3. The molecule has 0 aliphatic carbocycles. The first-order chi connectivity index (χ1) is 16.3. The van der Waals surface area contributed by atoms with E-state index in [2.05, 4.69) is 26.8 Å². The van der Waals surface area contributed by atoms with Gasteiger partial charge in [-0.1, -0.05) is 12.1 Å². The Morgan fingerprint density at radius 1 is 1.00 bits per heavy atom. The third kappa shape index (κ3) is 5.49. The highest BCUT2D eigenvalue weighted by molar-refractivity contribution is 9.10. The zero-order valence-electron chi connectivity index (χ0n) is 18.4. The Bertz CT molecular complexity index is 1110. The Kier molecular flexibility index (Phi) is 8.13. The van der Waals surface area contributed by atoms with Crippen molar-refractivity contribution < 1.29 is 33.4 Å². The fourth-order valence-electron chi connectivity index (χ4n) is 3.29. The monoisotopic (exact) mass is 531 g/mol. The van der Waals surface area contributed by atoms with Gasteiger partial charge in [0.25, 0.3) is 11.8 Å². The first-order valence-electron chi connectivity index (χ1n) is 10.4. The number of hydrogen-bond acceptors (Lipinski definition) is 8. The second-order valence-electron chi connectivity index (χ2n) is 7.11. The van der Waals surface area contributed by atoms with E-state index < -0.39 is 35.7 Å². The van der Waals surface area contributed by atoms with Gasteiger partial charge >= 0.3 is 11.9 Å². The maximum atomic E-state index is 13.0. The first-order valence-corrected chi connectivity index (χ1v) is 11.2. The molecule has 0 saturated carbocycles. The summed E-state index contributed by atoms with van der Waals surface area (Å²) >= 11 is 3.28. The van der Waals surface area contributed by atoms with E-state index in [1.165, 1.54) is 18.2 Å². The smallest absolute Gasteiger partial charge is 0.338 e. The summed E-state index contributed by atoms with van der Waals surface area (Å²) in [6.07, 6.45) is -0.243. The average molecular weight is 532 g/mol. The average Bonchev–Trinajstić information content (AvgIpc) is 3.10. The Balaban J connectivity index is 1.83. The van der Waals surface area contributed by atoms with Crippen LogP contribution in [0.15, 0.2) is 46.9 Å². The molecular weight excluding hydrogens is 510 g/mol. The lowest BCUT2D eigenvalue weighted by Gasteiger charge is -2.18. The van der Waals surface area contributed by atoms with Crippen LogP contribution in [0.2, 0.25) is 0 Å². The maximum absolute atomic E-state index is 13.0. The summed E-state index contributed by atoms with van der Waals surface area (Å²) < 4.78 is 10.5. The highest BCUT2D eigenvalue weighted by Crippen LogP contribution is 2.26. The van der Waals surface area contributed by atoms with E-state index in [1.54, 1.807) is 38.1 Å². The Hall–Kier alpha value is -3.57. The van der Waals surface area contributed by atoms with Gasteiger partial charge in [0.2, 0.25) is 5.91 Å². The number of imide groups is 1. The molecule has 34 heavy (non-hydrogen) atoms. The molecule has 0 bridgehead atoms. The van der Waals surface area contributed by atoms with E-state index in [9.17, 15) is 24.0 Å². The third-order valence-electron chi connectivity index (χ3n) is 4.82. The van der Waals surface area contributed by atoms with Gasteiger partial charge in [-0.05, 0) is 60.1 Å². The molecule has 1 aliphatic rings. The number of benzene rings is 2. The minimum Gasteiger partial charge on any atom is -0.462 e. The predicted octanol–water partition coefficient (Wildman–Crippen LogP) is 2.37. The zero-order chi connectivity index (χ0) is 24.8. The molecule has 2 aromatic carbocycles. The maximum Gasteiger partial charge on any atom is 0.338 e. The summed E-state index contributed by atoms with van der Waals surface area (Å²) in [6, 6.07) is 9.53. The van der Waals surface area contributed by atoms with Crippen molar-refractivity contribution in [3.05, 3.63) is 63.6 Å². The molecule has 10 nitrogen and oxygen atoms in total. The predicted molar refractivity (Wildman–Crippen MR) is 124 cm³/mol. The van der Waals surface area contributed by atoms with Gasteiger partial charge in [-0.15, -0.1) is 0 Å². The van der Waals surface area contributed by atoms with Gasteiger partial charge in [0, 0.05) is 4.47 Å². The molecule has 178 valence electrons. The van der Waals surface area contributed by atoms with Crippen molar-refractivity contribution in [1.82, 2.24) is 10.9 Å². The van der Waals surface area contributed by atoms with E-state index >= 15 is 0 Å². The number of rotatable bonds is 8. The molecule has 2 N–H and O–H groups in total. The summed E-state index contributed by atoms with van der Waals surface area (Å²) in [7, 11) is 0. The van der Waals surface area contributed by atoms with Crippen molar-refractivity contribution in [1.29, 1.82) is 0 Å². The molecule has 0 aromatic heterocycles. The van der Waals surface area contributed by atoms with Crippen molar-refractivity contribution in [2.75, 3.05) is 18.1 Å². The van der Waals surface area contributed by atoms with Gasteiger partial charge < -0.3 is 9.47 Å². The van der Waals surface area contributed by atoms with Crippen LogP contribution in [0.3, 0.4) is 0 Å². The zero-order valence-corrected chi connectivity index (χ0v) is 20.0. The van der Waals surface area contributed by atoms with Gasteiger partial charge in [0.1, 0.15) is 6.04 Å². The number of nitrogens with zero attached hydrogens (tertiary/aromatic N) is 1. The lowest BCUT2D eigenvalue weighted by Crippen LogP contribution is -2.48. The number of halogens is 1. The van der Waals surface area contributed by atoms with Gasteiger partial charge in [0.15, 0.2) is 0 Å². The van der Waals surface area contributed by atoms with Crippen LogP contribution in [0.25, 0.3) is 0 Å². The molecule has 1 unspecified atom stereocenters. The van der Waals surface area contributed by atoms with Crippen molar-refractivity contribution >= 4 is 51.3 Å². The Morgan fingerprint density at radius 3 is 2.15 bits per heavy atom. The molecule has 2 aromatic rings. The number of hydrogen-bond donors (Lipinski definition) is 2. The number of esters is 2. The lowest BCUT2D eigenvalue weighted by molar-refractivity contribution is -0.121. The molecule has 1 heterocycles. The van der Waals surface area contributed by atoms with Crippen molar-refractivity contribution in [2.24, 2.45) is 0 Å². The van der Waals surface area contributed by atoms with Crippen LogP contribution in [0.1, 0.15) is 51.3 Å². The second-order valence-corrected chi connectivity index (χ2v) is 7.97. The van der Waals surface area contributed by atoms with Crippen molar-refractivity contribution in [2.45, 2.75) is 26.3 Å². The van der Waals surface area contributed by atoms with Crippen LogP contribution in [0.5, 0.6) is 0 Å². The largest absolute Gasteiger partial charge is 0.462 e. The van der Waals surface area contributed by atoms with Crippen LogP contribution < -0.4 is 15.8 Å². The van der Waals surface area contributed by atoms with Gasteiger partial charge in [-0.2, -0.15) is 0 Å². The number of carbonyl (C=O) groups is 5. The van der Waals surface area contributed by atoms with E-state index in [-0.39, 0.29) is 36.4 Å². The molecule has 1 fully saturated rings. The summed E-state index contributed by atoms with van der Waals surface area (Å²) in [5, 5.41) is 0. The minimum atomic E-state index is -1.05. The molecule has 3 amide bonds. The molecule has 0 spiro atoms. The molecule has 1 saturated heterocycles. The van der Waals surface area contributed by atoms with E-state index in [0.717, 1.165) is 4.90 Å². The molecular formula is C23H22BrN3O7. The molecule has 1 atom stereocenters. The minimum absolute atomic E-state index is 0.0124. The van der Waals surface area contributed by atoms with Crippen LogP contribution in [-0.4, -0.2) is 48.9 Å². The number of anilines is 1. The van der Waals surface area contributed by atoms with Crippen molar-refractivity contribution in [3.63, 3.8) is 0 Å². The van der Waals surface area contributed by atoms with E-state index in [1.807, 2.05) is 0 Å². The first kappa shape index (κ1) is 25.1. The molecule has 3 rings (SSSR count). The number of ether oxygens (including phenoxy) is 2. The molecule has 0 radical (unpaired) electrons. The van der Waals surface area contributed by atoms with Crippen LogP contribution in [-0.2, 0) is 19.1 Å². The highest BCUT2D eigenvalue weighted by atomic mass is 79.9.